The van der Waals surface area contributed by atoms with Crippen molar-refractivity contribution in [3.05, 3.63) is 40.9 Å². The number of hydrogen-bond donors (Lipinski definition) is 2. The average molecular weight is 345 g/mol. The molecule has 130 valence electrons. The SMILES string of the molecule is COC1C(O)C(C=O)OC1n1cc2c(nc1=O)Nc1ccccc1O2. The number of rotatable bonds is 3. The van der Waals surface area contributed by atoms with E-state index < -0.39 is 30.2 Å². The van der Waals surface area contributed by atoms with Crippen LogP contribution in [0.5, 0.6) is 11.5 Å². The van der Waals surface area contributed by atoms with E-state index in [9.17, 15) is 14.7 Å². The lowest BCUT2D eigenvalue weighted by molar-refractivity contribution is -0.123. The van der Waals surface area contributed by atoms with Crippen molar-refractivity contribution >= 4 is 17.8 Å². The molecule has 0 spiro atoms. The Balaban J connectivity index is 1.73. The van der Waals surface area contributed by atoms with E-state index >= 15 is 0 Å². The number of nitrogens with zero attached hydrogens (tertiary/aromatic N) is 2. The number of anilines is 2. The number of aldehydes is 1. The van der Waals surface area contributed by atoms with E-state index in [1.807, 2.05) is 12.1 Å². The molecule has 1 aromatic heterocycles. The molecule has 1 saturated heterocycles. The summed E-state index contributed by atoms with van der Waals surface area (Å²) in [5.74, 6) is 1.18. The lowest BCUT2D eigenvalue weighted by Gasteiger charge is -2.24. The number of para-hydroxylation sites is 2. The number of nitrogens with one attached hydrogen (secondary N) is 1. The smallest absolute Gasteiger partial charge is 0.351 e. The molecule has 2 aromatic rings. The summed E-state index contributed by atoms with van der Waals surface area (Å²) in [6.45, 7) is 0. The molecule has 2 aliphatic rings. The molecule has 3 heterocycles. The first-order chi connectivity index (χ1) is 12.1. The van der Waals surface area contributed by atoms with Gasteiger partial charge in [-0.05, 0) is 12.1 Å². The van der Waals surface area contributed by atoms with Crippen LogP contribution in [0.15, 0.2) is 35.3 Å². The van der Waals surface area contributed by atoms with Gasteiger partial charge in [-0.15, -0.1) is 0 Å². The normalized spacial score (nSPS) is 27.0. The van der Waals surface area contributed by atoms with Crippen LogP contribution in [-0.4, -0.2) is 46.4 Å². The highest BCUT2D eigenvalue weighted by atomic mass is 16.6. The van der Waals surface area contributed by atoms with Gasteiger partial charge in [0.2, 0.25) is 0 Å². The number of fused-ring (bicyclic) bond motifs is 2. The zero-order valence-electron chi connectivity index (χ0n) is 13.2. The minimum absolute atomic E-state index is 0.277. The highest BCUT2D eigenvalue weighted by Gasteiger charge is 2.45. The van der Waals surface area contributed by atoms with E-state index in [0.717, 1.165) is 4.57 Å². The third-order valence-electron chi connectivity index (χ3n) is 4.21. The number of hydrogen-bond acceptors (Lipinski definition) is 8. The number of aromatic nitrogens is 2. The zero-order valence-corrected chi connectivity index (χ0v) is 13.2. The van der Waals surface area contributed by atoms with Gasteiger partial charge in [-0.25, -0.2) is 4.79 Å². The Morgan fingerprint density at radius 3 is 2.92 bits per heavy atom. The molecule has 4 atom stereocenters. The van der Waals surface area contributed by atoms with Gasteiger partial charge >= 0.3 is 5.69 Å². The van der Waals surface area contributed by atoms with Gasteiger partial charge in [0, 0.05) is 7.11 Å². The van der Waals surface area contributed by atoms with Crippen LogP contribution in [0.3, 0.4) is 0 Å². The minimum Gasteiger partial charge on any atom is -0.450 e. The minimum atomic E-state index is -1.18. The van der Waals surface area contributed by atoms with Gasteiger partial charge in [-0.2, -0.15) is 4.98 Å². The first-order valence-electron chi connectivity index (χ1n) is 7.61. The Morgan fingerprint density at radius 1 is 1.36 bits per heavy atom. The average Bonchev–Trinajstić information content (AvgIpc) is 2.95. The van der Waals surface area contributed by atoms with Crippen molar-refractivity contribution in [3.63, 3.8) is 0 Å². The molecule has 9 nitrogen and oxygen atoms in total. The standard InChI is InChI=1S/C16H15N3O6/c1-23-13-12(21)11(7-20)25-15(13)19-6-10-14(18-16(19)22)17-8-4-2-3-5-9(8)24-10/h2-7,11-13,15,21H,1H3,(H,17,18,22). The summed E-state index contributed by atoms with van der Waals surface area (Å²) in [6.07, 6.45) is -2.27. The maximum absolute atomic E-state index is 12.4. The highest BCUT2D eigenvalue weighted by molar-refractivity contribution is 5.72. The molecule has 1 aromatic carbocycles. The van der Waals surface area contributed by atoms with Gasteiger partial charge in [0.1, 0.15) is 18.3 Å². The maximum atomic E-state index is 12.4. The molecule has 0 bridgehead atoms. The molecule has 4 unspecified atom stereocenters. The Morgan fingerprint density at radius 2 is 2.16 bits per heavy atom. The number of aliphatic hydroxyl groups is 1. The Hall–Kier alpha value is -2.75. The fourth-order valence-corrected chi connectivity index (χ4v) is 2.97. The fraction of sp³-hybridized carbons (Fsp3) is 0.312. The second kappa shape index (κ2) is 5.96. The molecule has 9 heteroatoms. The lowest BCUT2D eigenvalue weighted by Crippen LogP contribution is -2.37. The van der Waals surface area contributed by atoms with E-state index in [2.05, 4.69) is 10.3 Å². The molecule has 0 radical (unpaired) electrons. The van der Waals surface area contributed by atoms with Crippen molar-refractivity contribution in [1.82, 2.24) is 9.55 Å². The molecule has 2 N–H and O–H groups in total. The predicted octanol–water partition coefficient (Wildman–Crippen LogP) is 0.565. The Bertz CT molecular complexity index is 882. The molecule has 25 heavy (non-hydrogen) atoms. The van der Waals surface area contributed by atoms with Crippen LogP contribution >= 0.6 is 0 Å². The highest BCUT2D eigenvalue weighted by Crippen LogP contribution is 2.40. The van der Waals surface area contributed by atoms with Gasteiger partial charge in [-0.3, -0.25) is 4.57 Å². The Kier molecular flexibility index (Phi) is 3.75. The fourth-order valence-electron chi connectivity index (χ4n) is 2.97. The summed E-state index contributed by atoms with van der Waals surface area (Å²) < 4.78 is 17.6. The molecule has 1 fully saturated rings. The van der Waals surface area contributed by atoms with E-state index in [1.54, 1.807) is 12.1 Å². The zero-order chi connectivity index (χ0) is 17.6. The quantitative estimate of drug-likeness (QED) is 0.663. The van der Waals surface area contributed by atoms with Crippen molar-refractivity contribution < 1.29 is 24.1 Å². The van der Waals surface area contributed by atoms with Crippen molar-refractivity contribution in [2.75, 3.05) is 12.4 Å². The van der Waals surface area contributed by atoms with Crippen LogP contribution in [-0.2, 0) is 14.3 Å². The molecular formula is C16H15N3O6. The van der Waals surface area contributed by atoms with Crippen molar-refractivity contribution in [2.24, 2.45) is 0 Å². The summed E-state index contributed by atoms with van der Waals surface area (Å²) in [5.41, 5.74) is 0.0722. The second-order valence-corrected chi connectivity index (χ2v) is 5.69. The summed E-state index contributed by atoms with van der Waals surface area (Å²) in [7, 11) is 1.36. The molecule has 0 amide bonds. The maximum Gasteiger partial charge on any atom is 0.351 e. The van der Waals surface area contributed by atoms with Crippen molar-refractivity contribution in [1.29, 1.82) is 0 Å². The molecule has 0 aliphatic carbocycles. The summed E-state index contributed by atoms with van der Waals surface area (Å²) in [4.78, 5) is 27.4. The number of ether oxygens (including phenoxy) is 3. The number of methoxy groups -OCH3 is 1. The van der Waals surface area contributed by atoms with Gasteiger partial charge < -0.3 is 29.4 Å². The van der Waals surface area contributed by atoms with Crippen LogP contribution in [0.25, 0.3) is 0 Å². The Labute approximate surface area is 141 Å². The van der Waals surface area contributed by atoms with Gasteiger partial charge in [0.05, 0.1) is 11.9 Å². The van der Waals surface area contributed by atoms with E-state index in [-0.39, 0.29) is 5.82 Å². The van der Waals surface area contributed by atoms with E-state index in [0.29, 0.717) is 23.5 Å². The van der Waals surface area contributed by atoms with Crippen LogP contribution in [0.2, 0.25) is 0 Å². The van der Waals surface area contributed by atoms with E-state index in [1.165, 1.54) is 13.3 Å². The third kappa shape index (κ3) is 2.49. The number of aliphatic hydroxyl groups excluding tert-OH is 1. The van der Waals surface area contributed by atoms with Crippen LogP contribution in [0.4, 0.5) is 11.5 Å². The first-order valence-corrected chi connectivity index (χ1v) is 7.61. The van der Waals surface area contributed by atoms with Crippen molar-refractivity contribution in [2.45, 2.75) is 24.5 Å². The summed E-state index contributed by atoms with van der Waals surface area (Å²) >= 11 is 0. The van der Waals surface area contributed by atoms with Gasteiger partial charge in [0.25, 0.3) is 0 Å². The second-order valence-electron chi connectivity index (χ2n) is 5.69. The number of carbonyl (C=O) groups excluding carboxylic acids is 1. The topological polar surface area (TPSA) is 112 Å². The molecular weight excluding hydrogens is 330 g/mol. The van der Waals surface area contributed by atoms with E-state index in [4.69, 9.17) is 14.2 Å². The monoisotopic (exact) mass is 345 g/mol. The first kappa shape index (κ1) is 15.8. The molecule has 4 rings (SSSR count). The third-order valence-corrected chi connectivity index (χ3v) is 4.21. The number of carbonyl (C=O) groups is 1. The van der Waals surface area contributed by atoms with Gasteiger partial charge in [-0.1, -0.05) is 12.1 Å². The van der Waals surface area contributed by atoms with Gasteiger partial charge in [0.15, 0.2) is 29.8 Å². The summed E-state index contributed by atoms with van der Waals surface area (Å²) in [5, 5.41) is 13.1. The predicted molar refractivity (Wildman–Crippen MR) is 85.1 cm³/mol. The number of benzene rings is 1. The largest absolute Gasteiger partial charge is 0.450 e. The van der Waals surface area contributed by atoms with Crippen molar-refractivity contribution in [3.8, 4) is 11.5 Å². The summed E-state index contributed by atoms with van der Waals surface area (Å²) in [6, 6.07) is 7.23. The molecule has 0 saturated carbocycles. The van der Waals surface area contributed by atoms with Crippen LogP contribution < -0.4 is 15.7 Å². The lowest BCUT2D eigenvalue weighted by atomic mass is 10.1. The van der Waals surface area contributed by atoms with Crippen LogP contribution in [0.1, 0.15) is 6.23 Å². The van der Waals surface area contributed by atoms with Crippen LogP contribution in [0, 0.1) is 0 Å². The molecule has 2 aliphatic heterocycles.